The van der Waals surface area contributed by atoms with Crippen LogP contribution in [0.15, 0.2) is 30.3 Å². The Bertz CT molecular complexity index is 476. The molecule has 0 aromatic heterocycles. The smallest absolute Gasteiger partial charge is 0.191 e. The van der Waals surface area contributed by atoms with Crippen molar-refractivity contribution in [3.05, 3.63) is 30.3 Å². The van der Waals surface area contributed by atoms with Crippen molar-refractivity contribution in [3.63, 3.8) is 0 Å². The topological polar surface area (TPSA) is 26.3 Å². The maximum absolute atomic E-state index is 11.2. The van der Waals surface area contributed by atoms with Crippen LogP contribution in [0.4, 0.5) is 0 Å². The molecule has 1 aromatic rings. The van der Waals surface area contributed by atoms with E-state index in [0.717, 1.165) is 6.29 Å². The van der Waals surface area contributed by atoms with Crippen molar-refractivity contribution in [2.75, 3.05) is 6.61 Å². The first-order valence-electron chi connectivity index (χ1n) is 8.15. The van der Waals surface area contributed by atoms with Crippen LogP contribution in [0, 0.1) is 0 Å². The van der Waals surface area contributed by atoms with Gasteiger partial charge in [-0.05, 0) is 23.7 Å². The van der Waals surface area contributed by atoms with Crippen molar-refractivity contribution in [3.8, 4) is 0 Å². The molecule has 0 spiro atoms. The maximum Gasteiger partial charge on any atom is 0.191 e. The molecular weight excluding hydrogens is 304 g/mol. The van der Waals surface area contributed by atoms with Crippen molar-refractivity contribution >= 4 is 27.9 Å². The fourth-order valence-corrected chi connectivity index (χ4v) is 6.24. The van der Waals surface area contributed by atoms with Gasteiger partial charge in [0.15, 0.2) is 8.32 Å². The van der Waals surface area contributed by atoms with E-state index in [1.807, 2.05) is 0 Å². The summed E-state index contributed by atoms with van der Waals surface area (Å²) in [5.74, 6) is 0. The van der Waals surface area contributed by atoms with Crippen molar-refractivity contribution < 1.29 is 9.22 Å². The van der Waals surface area contributed by atoms with E-state index >= 15 is 0 Å². The van der Waals surface area contributed by atoms with Crippen LogP contribution in [0.2, 0.25) is 36.8 Å². The van der Waals surface area contributed by atoms with Gasteiger partial charge in [0, 0.05) is 13.0 Å². The summed E-state index contributed by atoms with van der Waals surface area (Å²) in [6.45, 7) is 16.7. The lowest BCUT2D eigenvalue weighted by Crippen LogP contribution is -2.50. The second-order valence-electron chi connectivity index (χ2n) is 8.26. The normalized spacial score (nSPS) is 14.7. The Hall–Kier alpha value is -0.716. The molecule has 1 rings (SSSR count). The lowest BCUT2D eigenvalue weighted by molar-refractivity contribution is -0.108. The van der Waals surface area contributed by atoms with Crippen molar-refractivity contribution in [1.29, 1.82) is 0 Å². The van der Waals surface area contributed by atoms with Crippen LogP contribution in [0.5, 0.6) is 0 Å². The third-order valence-corrected chi connectivity index (χ3v) is 14.1. The molecule has 0 bridgehead atoms. The first kappa shape index (κ1) is 19.3. The number of benzene rings is 1. The molecule has 0 N–H and O–H groups in total. The van der Waals surface area contributed by atoms with Crippen molar-refractivity contribution in [1.82, 2.24) is 0 Å². The monoisotopic (exact) mass is 336 g/mol. The highest BCUT2D eigenvalue weighted by molar-refractivity contribution is 6.91. The van der Waals surface area contributed by atoms with Crippen LogP contribution in [-0.4, -0.2) is 29.3 Å². The van der Waals surface area contributed by atoms with Gasteiger partial charge in [-0.25, -0.2) is 0 Å². The highest BCUT2D eigenvalue weighted by atomic mass is 28.4. The molecule has 2 nitrogen and oxygen atoms in total. The van der Waals surface area contributed by atoms with Gasteiger partial charge in [-0.1, -0.05) is 69.4 Å². The Morgan fingerprint density at radius 3 is 2.09 bits per heavy atom. The molecule has 0 aliphatic carbocycles. The summed E-state index contributed by atoms with van der Waals surface area (Å²) < 4.78 is 6.43. The molecule has 4 heteroatoms. The van der Waals surface area contributed by atoms with Gasteiger partial charge < -0.3 is 9.22 Å². The van der Waals surface area contributed by atoms with E-state index in [1.54, 1.807) is 0 Å². The third kappa shape index (κ3) is 4.64. The molecule has 1 unspecified atom stereocenters. The van der Waals surface area contributed by atoms with Gasteiger partial charge in [-0.3, -0.25) is 0 Å². The largest absolute Gasteiger partial charge is 0.417 e. The fourth-order valence-electron chi connectivity index (χ4n) is 2.32. The van der Waals surface area contributed by atoms with E-state index in [4.69, 9.17) is 4.43 Å². The van der Waals surface area contributed by atoms with Gasteiger partial charge in [-0.15, -0.1) is 0 Å². The Kier molecular flexibility index (Phi) is 6.36. The summed E-state index contributed by atoms with van der Waals surface area (Å²) in [5.41, 5.74) is 0.335. The lowest BCUT2D eigenvalue weighted by atomic mass is 10.2. The summed E-state index contributed by atoms with van der Waals surface area (Å²) in [7, 11) is -3.49. The van der Waals surface area contributed by atoms with E-state index < -0.39 is 16.4 Å². The van der Waals surface area contributed by atoms with E-state index in [9.17, 15) is 4.79 Å². The molecule has 0 heterocycles. The molecule has 0 amide bonds. The number of aldehydes is 1. The molecule has 0 fully saturated rings. The van der Waals surface area contributed by atoms with Gasteiger partial charge in [0.25, 0.3) is 0 Å². The Morgan fingerprint density at radius 2 is 1.64 bits per heavy atom. The molecule has 22 heavy (non-hydrogen) atoms. The van der Waals surface area contributed by atoms with Crippen LogP contribution in [0.25, 0.3) is 0 Å². The van der Waals surface area contributed by atoms with Crippen LogP contribution in [0.1, 0.15) is 27.2 Å². The van der Waals surface area contributed by atoms with E-state index in [0.29, 0.717) is 18.6 Å². The lowest BCUT2D eigenvalue weighted by Gasteiger charge is -2.39. The standard InChI is InChI=1S/C18H32O2Si2/c1-18(2,3)22(6,7)20-15-17(13-14-19)21(4,5)16-11-9-8-10-12-16/h8-12,14,17H,13,15H2,1-7H3. The summed E-state index contributed by atoms with van der Waals surface area (Å²) in [5, 5.41) is 1.61. The van der Waals surface area contributed by atoms with Gasteiger partial charge in [0.2, 0.25) is 0 Å². The summed E-state index contributed by atoms with van der Waals surface area (Å²) >= 11 is 0. The Labute approximate surface area is 138 Å². The average molecular weight is 337 g/mol. The Morgan fingerprint density at radius 1 is 1.09 bits per heavy atom. The molecule has 0 saturated heterocycles. The summed E-state index contributed by atoms with van der Waals surface area (Å²) in [6.07, 6.45) is 1.67. The van der Waals surface area contributed by atoms with Crippen LogP contribution in [-0.2, 0) is 9.22 Å². The SMILES string of the molecule is CC(C)(C)[Si](C)(C)OCC(CC=O)[Si](C)(C)c1ccccc1. The summed E-state index contributed by atoms with van der Waals surface area (Å²) in [6, 6.07) is 10.6. The zero-order valence-electron chi connectivity index (χ0n) is 15.3. The predicted octanol–water partition coefficient (Wildman–Crippen LogP) is 4.58. The Balaban J connectivity index is 2.92. The molecule has 124 valence electrons. The fraction of sp³-hybridized carbons (Fsp3) is 0.611. The average Bonchev–Trinajstić information content (AvgIpc) is 2.43. The van der Waals surface area contributed by atoms with Crippen LogP contribution >= 0.6 is 0 Å². The highest BCUT2D eigenvalue weighted by Crippen LogP contribution is 2.38. The minimum Gasteiger partial charge on any atom is -0.417 e. The molecule has 0 saturated carbocycles. The minimum absolute atomic E-state index is 0.206. The third-order valence-electron chi connectivity index (χ3n) is 5.37. The maximum atomic E-state index is 11.2. The van der Waals surface area contributed by atoms with Crippen molar-refractivity contribution in [2.24, 2.45) is 0 Å². The molecule has 0 radical (unpaired) electrons. The molecule has 0 aliphatic rings. The predicted molar refractivity (Wildman–Crippen MR) is 101 cm³/mol. The molecule has 1 aromatic carbocycles. The summed E-state index contributed by atoms with van der Waals surface area (Å²) in [4.78, 5) is 11.2. The zero-order valence-corrected chi connectivity index (χ0v) is 17.3. The van der Waals surface area contributed by atoms with Crippen LogP contribution in [0.3, 0.4) is 0 Å². The van der Waals surface area contributed by atoms with Crippen molar-refractivity contribution in [2.45, 2.75) is 64.0 Å². The van der Waals surface area contributed by atoms with Gasteiger partial charge >= 0.3 is 0 Å². The minimum atomic E-state index is -1.77. The first-order valence-corrected chi connectivity index (χ1v) is 14.1. The van der Waals surface area contributed by atoms with E-state index in [-0.39, 0.29) is 5.04 Å². The second kappa shape index (κ2) is 7.24. The zero-order chi connectivity index (χ0) is 17.0. The van der Waals surface area contributed by atoms with Crippen LogP contribution < -0.4 is 5.19 Å². The number of carbonyl (C=O) groups is 1. The number of carbonyl (C=O) groups excluding carboxylic acids is 1. The van der Waals surface area contributed by atoms with Gasteiger partial charge in [0.1, 0.15) is 6.29 Å². The second-order valence-corrected chi connectivity index (χ2v) is 17.9. The number of rotatable bonds is 7. The van der Waals surface area contributed by atoms with E-state index in [2.05, 4.69) is 77.3 Å². The van der Waals surface area contributed by atoms with Gasteiger partial charge in [-0.2, -0.15) is 0 Å². The van der Waals surface area contributed by atoms with Gasteiger partial charge in [0.05, 0.1) is 8.07 Å². The quantitative estimate of drug-likeness (QED) is 0.538. The first-order chi connectivity index (χ1) is 10.0. The molecule has 0 aliphatic heterocycles. The molecule has 1 atom stereocenters. The molecular formula is C18H32O2Si2. The number of hydrogen-bond donors (Lipinski definition) is 0. The number of hydrogen-bond acceptors (Lipinski definition) is 2. The highest BCUT2D eigenvalue weighted by Gasteiger charge is 2.40. The van der Waals surface area contributed by atoms with E-state index in [1.165, 1.54) is 5.19 Å².